The monoisotopic (exact) mass is 285 g/mol. The van der Waals surface area contributed by atoms with E-state index in [-0.39, 0.29) is 0 Å². The Bertz CT molecular complexity index is 609. The van der Waals surface area contributed by atoms with E-state index in [9.17, 15) is 0 Å². The number of aryl methyl sites for hydroxylation is 1. The number of aromatic nitrogens is 2. The number of rotatable bonds is 3. The van der Waals surface area contributed by atoms with Gasteiger partial charge in [0.15, 0.2) is 0 Å². The molecule has 1 aromatic carbocycles. The third-order valence-corrected chi connectivity index (χ3v) is 3.44. The molecule has 1 aromatic heterocycles. The number of fused-ring (bicyclic) bond motifs is 1. The van der Waals surface area contributed by atoms with Crippen LogP contribution in [0.25, 0.3) is 0 Å². The number of benzene rings is 1. The van der Waals surface area contributed by atoms with Crippen LogP contribution in [-0.4, -0.2) is 23.1 Å². The first-order chi connectivity index (χ1) is 10.3. The van der Waals surface area contributed by atoms with E-state index in [0.29, 0.717) is 12.4 Å². The third kappa shape index (κ3) is 2.75. The van der Waals surface area contributed by atoms with Gasteiger partial charge < -0.3 is 15.1 Å². The Morgan fingerprint density at radius 2 is 2.19 bits per heavy atom. The van der Waals surface area contributed by atoms with Crippen molar-refractivity contribution < 1.29 is 4.74 Å². The van der Waals surface area contributed by atoms with Gasteiger partial charge in [-0.15, -0.1) is 0 Å². The van der Waals surface area contributed by atoms with E-state index in [1.165, 1.54) is 0 Å². The van der Waals surface area contributed by atoms with Gasteiger partial charge in [0, 0.05) is 19.0 Å². The van der Waals surface area contributed by atoms with Gasteiger partial charge in [-0.2, -0.15) is 0 Å². The van der Waals surface area contributed by atoms with Gasteiger partial charge in [-0.1, -0.05) is 19.1 Å². The molecule has 6 nitrogen and oxygen atoms in total. The number of hydrazine groups is 1. The molecular formula is C15H19N5O. The minimum Gasteiger partial charge on any atom is -0.491 e. The van der Waals surface area contributed by atoms with E-state index in [2.05, 4.69) is 20.3 Å². The summed E-state index contributed by atoms with van der Waals surface area (Å²) in [6.45, 7) is 3.58. The summed E-state index contributed by atoms with van der Waals surface area (Å²) in [5.74, 6) is 8.63. The number of nitrogens with one attached hydrogen (secondary N) is 1. The number of anilines is 3. The number of hydrogen-bond acceptors (Lipinski definition) is 6. The molecule has 0 bridgehead atoms. The van der Waals surface area contributed by atoms with Crippen LogP contribution < -0.4 is 20.9 Å². The molecule has 0 aliphatic carbocycles. The first-order valence-electron chi connectivity index (χ1n) is 7.15. The number of nitrogens with two attached hydrogens (primary N) is 1. The van der Waals surface area contributed by atoms with Crippen LogP contribution >= 0.6 is 0 Å². The van der Waals surface area contributed by atoms with Crippen molar-refractivity contribution in [2.75, 3.05) is 23.5 Å². The van der Waals surface area contributed by atoms with Crippen molar-refractivity contribution >= 4 is 17.3 Å². The first kappa shape index (κ1) is 13.6. The SMILES string of the molecule is CCc1nc(NN)cc(N2CCCOc3ccccc32)n1. The molecule has 0 atom stereocenters. The van der Waals surface area contributed by atoms with Crippen LogP contribution in [-0.2, 0) is 6.42 Å². The third-order valence-electron chi connectivity index (χ3n) is 3.44. The summed E-state index contributed by atoms with van der Waals surface area (Å²) in [5.41, 5.74) is 3.64. The van der Waals surface area contributed by atoms with Gasteiger partial charge in [0.25, 0.3) is 0 Å². The van der Waals surface area contributed by atoms with E-state index in [0.717, 1.165) is 42.5 Å². The molecule has 2 aromatic rings. The zero-order chi connectivity index (χ0) is 14.7. The Hall–Kier alpha value is -2.34. The predicted molar refractivity (Wildman–Crippen MR) is 82.8 cm³/mol. The van der Waals surface area contributed by atoms with E-state index < -0.39 is 0 Å². The Labute approximate surface area is 123 Å². The van der Waals surface area contributed by atoms with E-state index in [1.54, 1.807) is 0 Å². The quantitative estimate of drug-likeness (QED) is 0.665. The zero-order valence-corrected chi connectivity index (χ0v) is 12.0. The van der Waals surface area contributed by atoms with E-state index >= 15 is 0 Å². The van der Waals surface area contributed by atoms with Crippen molar-refractivity contribution in [2.24, 2.45) is 5.84 Å². The van der Waals surface area contributed by atoms with Crippen molar-refractivity contribution in [3.63, 3.8) is 0 Å². The summed E-state index contributed by atoms with van der Waals surface area (Å²) in [5, 5.41) is 0. The lowest BCUT2D eigenvalue weighted by atomic mass is 10.2. The lowest BCUT2D eigenvalue weighted by Crippen LogP contribution is -2.21. The number of nitrogens with zero attached hydrogens (tertiary/aromatic N) is 3. The summed E-state index contributed by atoms with van der Waals surface area (Å²) >= 11 is 0. The van der Waals surface area contributed by atoms with Crippen LogP contribution in [0, 0.1) is 0 Å². The average Bonchev–Trinajstić information content (AvgIpc) is 2.76. The van der Waals surface area contributed by atoms with Crippen molar-refractivity contribution in [2.45, 2.75) is 19.8 Å². The highest BCUT2D eigenvalue weighted by Gasteiger charge is 2.19. The van der Waals surface area contributed by atoms with Crippen LogP contribution in [0.2, 0.25) is 0 Å². The molecule has 0 saturated carbocycles. The van der Waals surface area contributed by atoms with Crippen molar-refractivity contribution in [1.82, 2.24) is 9.97 Å². The predicted octanol–water partition coefficient (Wildman–Crippen LogP) is 2.25. The summed E-state index contributed by atoms with van der Waals surface area (Å²) in [7, 11) is 0. The van der Waals surface area contributed by atoms with Crippen molar-refractivity contribution in [1.29, 1.82) is 0 Å². The van der Waals surface area contributed by atoms with Crippen molar-refractivity contribution in [3.05, 3.63) is 36.2 Å². The summed E-state index contributed by atoms with van der Waals surface area (Å²) in [6.07, 6.45) is 1.69. The molecule has 1 aliphatic rings. The van der Waals surface area contributed by atoms with Gasteiger partial charge in [0.2, 0.25) is 0 Å². The standard InChI is InChI=1S/C15H19N5O/c1-2-13-17-14(19-16)10-15(18-13)20-8-5-9-21-12-7-4-3-6-11(12)20/h3-4,6-7,10H,2,5,8-9,16H2,1H3,(H,17,18,19). The minimum absolute atomic E-state index is 0.625. The highest BCUT2D eigenvalue weighted by atomic mass is 16.5. The Morgan fingerprint density at radius 3 is 3.00 bits per heavy atom. The highest BCUT2D eigenvalue weighted by molar-refractivity contribution is 5.68. The second kappa shape index (κ2) is 5.97. The topological polar surface area (TPSA) is 76.3 Å². The molecule has 3 rings (SSSR count). The van der Waals surface area contributed by atoms with Crippen LogP contribution in [0.1, 0.15) is 19.2 Å². The van der Waals surface area contributed by atoms with Crippen LogP contribution in [0.4, 0.5) is 17.3 Å². The average molecular weight is 285 g/mol. The first-order valence-corrected chi connectivity index (χ1v) is 7.15. The van der Waals surface area contributed by atoms with Gasteiger partial charge in [-0.05, 0) is 18.6 Å². The van der Waals surface area contributed by atoms with Gasteiger partial charge in [-0.25, -0.2) is 15.8 Å². The zero-order valence-electron chi connectivity index (χ0n) is 12.0. The maximum absolute atomic E-state index is 5.79. The van der Waals surface area contributed by atoms with E-state index in [1.807, 2.05) is 37.3 Å². The molecule has 1 aliphatic heterocycles. The van der Waals surface area contributed by atoms with E-state index in [4.69, 9.17) is 10.6 Å². The fraction of sp³-hybridized carbons (Fsp3) is 0.333. The molecule has 110 valence electrons. The maximum Gasteiger partial charge on any atom is 0.145 e. The molecule has 21 heavy (non-hydrogen) atoms. The molecule has 3 N–H and O–H groups in total. The van der Waals surface area contributed by atoms with Crippen molar-refractivity contribution in [3.8, 4) is 5.75 Å². The van der Waals surface area contributed by atoms with Gasteiger partial charge in [0.1, 0.15) is 23.2 Å². The molecule has 0 amide bonds. The molecular weight excluding hydrogens is 266 g/mol. The lowest BCUT2D eigenvalue weighted by Gasteiger charge is -2.23. The summed E-state index contributed by atoms with van der Waals surface area (Å²) in [6, 6.07) is 9.88. The largest absolute Gasteiger partial charge is 0.491 e. The summed E-state index contributed by atoms with van der Waals surface area (Å²) in [4.78, 5) is 11.1. The maximum atomic E-state index is 5.79. The number of hydrogen-bond donors (Lipinski definition) is 2. The second-order valence-corrected chi connectivity index (χ2v) is 4.85. The normalized spacial score (nSPS) is 14.1. The Kier molecular flexibility index (Phi) is 3.87. The highest BCUT2D eigenvalue weighted by Crippen LogP contribution is 2.35. The summed E-state index contributed by atoms with van der Waals surface area (Å²) < 4.78 is 5.79. The van der Waals surface area contributed by atoms with Crippen LogP contribution in [0.5, 0.6) is 5.75 Å². The van der Waals surface area contributed by atoms with Crippen LogP contribution in [0.15, 0.2) is 30.3 Å². The Morgan fingerprint density at radius 1 is 1.33 bits per heavy atom. The molecule has 0 fully saturated rings. The Balaban J connectivity index is 2.07. The smallest absolute Gasteiger partial charge is 0.145 e. The lowest BCUT2D eigenvalue weighted by molar-refractivity contribution is 0.322. The van der Waals surface area contributed by atoms with Crippen LogP contribution in [0.3, 0.4) is 0 Å². The minimum atomic E-state index is 0.625. The molecule has 0 saturated heterocycles. The molecule has 0 unspecified atom stereocenters. The number of ether oxygens (including phenoxy) is 1. The second-order valence-electron chi connectivity index (χ2n) is 4.85. The van der Waals surface area contributed by atoms with Gasteiger partial charge in [-0.3, -0.25) is 0 Å². The number of nitrogen functional groups attached to an aromatic ring is 1. The molecule has 0 radical (unpaired) electrons. The molecule has 0 spiro atoms. The van der Waals surface area contributed by atoms with Gasteiger partial charge >= 0.3 is 0 Å². The molecule has 6 heteroatoms. The molecule has 2 heterocycles. The number of para-hydroxylation sites is 2. The van der Waals surface area contributed by atoms with Gasteiger partial charge in [0.05, 0.1) is 12.3 Å². The fourth-order valence-corrected chi connectivity index (χ4v) is 2.42. The fourth-order valence-electron chi connectivity index (χ4n) is 2.42.